The number of nitrogens with two attached hydrogens (primary N) is 1. The van der Waals surface area contributed by atoms with Gasteiger partial charge in [-0.1, -0.05) is 32.9 Å². The lowest BCUT2D eigenvalue weighted by Crippen LogP contribution is -2.41. The van der Waals surface area contributed by atoms with Crippen molar-refractivity contribution in [2.45, 2.75) is 58.9 Å². The predicted molar refractivity (Wildman–Crippen MR) is 82.3 cm³/mol. The maximum Gasteiger partial charge on any atom is 0.192 e. The van der Waals surface area contributed by atoms with Crippen molar-refractivity contribution in [1.82, 2.24) is 0 Å². The van der Waals surface area contributed by atoms with Crippen LogP contribution in [-0.2, 0) is 4.43 Å². The molecule has 0 fully saturated rings. The van der Waals surface area contributed by atoms with Crippen LogP contribution in [-0.4, -0.2) is 8.32 Å². The molecule has 1 aromatic rings. The van der Waals surface area contributed by atoms with Gasteiger partial charge in [-0.15, -0.1) is 0 Å². The fourth-order valence-electron chi connectivity index (χ4n) is 1.60. The van der Waals surface area contributed by atoms with Crippen LogP contribution in [0.4, 0.5) is 5.69 Å². The van der Waals surface area contributed by atoms with Gasteiger partial charge >= 0.3 is 0 Å². The Morgan fingerprint density at radius 3 is 2.22 bits per heavy atom. The molecule has 0 radical (unpaired) electrons. The monoisotopic (exact) mass is 265 g/mol. The maximum absolute atomic E-state index is 6.37. The van der Waals surface area contributed by atoms with E-state index < -0.39 is 8.32 Å². The number of nitrogen functional groups attached to an aromatic ring is 1. The minimum Gasteiger partial charge on any atom is -0.410 e. The van der Waals surface area contributed by atoms with E-state index in [0.29, 0.717) is 0 Å². The maximum atomic E-state index is 6.37. The molecule has 0 aliphatic rings. The molecule has 18 heavy (non-hydrogen) atoms. The summed E-state index contributed by atoms with van der Waals surface area (Å²) in [6.45, 7) is 15.5. The van der Waals surface area contributed by atoms with Gasteiger partial charge < -0.3 is 10.2 Å². The summed E-state index contributed by atoms with van der Waals surface area (Å²) in [5.41, 5.74) is 9.10. The second kappa shape index (κ2) is 5.06. The van der Waals surface area contributed by atoms with Gasteiger partial charge in [0.15, 0.2) is 8.32 Å². The van der Waals surface area contributed by atoms with Crippen LogP contribution < -0.4 is 5.73 Å². The first-order chi connectivity index (χ1) is 8.04. The van der Waals surface area contributed by atoms with Crippen molar-refractivity contribution < 1.29 is 4.43 Å². The molecular formula is C15H27NOSi. The standard InChI is InChI=1S/C15H27NOSi/c1-11-8-9-13(10-14(11)16)12(2)17-18(6,7)15(3,4)5/h8-10,12H,16H2,1-7H3. The number of anilines is 1. The lowest BCUT2D eigenvalue weighted by Gasteiger charge is -2.38. The molecule has 0 aromatic heterocycles. The Bertz CT molecular complexity index is 421. The molecule has 0 aliphatic carbocycles. The van der Waals surface area contributed by atoms with Gasteiger partial charge in [0.2, 0.25) is 0 Å². The second-order valence-electron chi connectivity index (χ2n) is 6.64. The van der Waals surface area contributed by atoms with Crippen molar-refractivity contribution in [1.29, 1.82) is 0 Å². The third-order valence-electron chi connectivity index (χ3n) is 4.05. The molecule has 0 heterocycles. The van der Waals surface area contributed by atoms with Gasteiger partial charge in [0.25, 0.3) is 0 Å². The number of rotatable bonds is 3. The molecule has 2 N–H and O–H groups in total. The van der Waals surface area contributed by atoms with Gasteiger partial charge in [-0.2, -0.15) is 0 Å². The van der Waals surface area contributed by atoms with Crippen LogP contribution >= 0.6 is 0 Å². The Morgan fingerprint density at radius 1 is 1.22 bits per heavy atom. The summed E-state index contributed by atoms with van der Waals surface area (Å²) in [7, 11) is -1.72. The third kappa shape index (κ3) is 3.36. The first-order valence-electron chi connectivity index (χ1n) is 6.58. The largest absolute Gasteiger partial charge is 0.410 e. The first kappa shape index (κ1) is 15.3. The van der Waals surface area contributed by atoms with E-state index in [-0.39, 0.29) is 11.1 Å². The fraction of sp³-hybridized carbons (Fsp3) is 0.600. The molecular weight excluding hydrogens is 238 g/mol. The van der Waals surface area contributed by atoms with Gasteiger partial charge in [0, 0.05) is 5.69 Å². The Morgan fingerprint density at radius 2 is 1.78 bits per heavy atom. The highest BCUT2D eigenvalue weighted by Crippen LogP contribution is 2.39. The van der Waals surface area contributed by atoms with Crippen LogP contribution in [0, 0.1) is 6.92 Å². The molecule has 1 rings (SSSR count). The van der Waals surface area contributed by atoms with Gasteiger partial charge in [-0.05, 0) is 49.2 Å². The zero-order valence-electron chi connectivity index (χ0n) is 12.8. The highest BCUT2D eigenvalue weighted by Gasteiger charge is 2.38. The minimum atomic E-state index is -1.72. The second-order valence-corrected chi connectivity index (χ2v) is 11.4. The van der Waals surface area contributed by atoms with Crippen LogP contribution in [0.2, 0.25) is 18.1 Å². The zero-order chi connectivity index (χ0) is 14.1. The topological polar surface area (TPSA) is 35.2 Å². The molecule has 1 aromatic carbocycles. The molecule has 0 amide bonds. The number of hydrogen-bond acceptors (Lipinski definition) is 2. The van der Waals surface area contributed by atoms with E-state index in [1.807, 2.05) is 13.0 Å². The Balaban J connectivity index is 2.89. The summed E-state index contributed by atoms with van der Waals surface area (Å²) in [4.78, 5) is 0. The van der Waals surface area contributed by atoms with E-state index in [0.717, 1.165) is 11.3 Å². The van der Waals surface area contributed by atoms with Crippen molar-refractivity contribution in [2.75, 3.05) is 5.73 Å². The minimum absolute atomic E-state index is 0.105. The molecule has 1 unspecified atom stereocenters. The first-order valence-corrected chi connectivity index (χ1v) is 9.49. The molecule has 2 nitrogen and oxygen atoms in total. The average Bonchev–Trinajstić information content (AvgIpc) is 2.19. The van der Waals surface area contributed by atoms with Gasteiger partial charge in [-0.3, -0.25) is 0 Å². The van der Waals surface area contributed by atoms with Crippen LogP contribution in [0.5, 0.6) is 0 Å². The van der Waals surface area contributed by atoms with E-state index in [9.17, 15) is 0 Å². The summed E-state index contributed by atoms with van der Waals surface area (Å²) < 4.78 is 6.37. The van der Waals surface area contributed by atoms with E-state index in [1.165, 1.54) is 5.56 Å². The third-order valence-corrected chi connectivity index (χ3v) is 8.61. The zero-order valence-corrected chi connectivity index (χ0v) is 13.8. The lowest BCUT2D eigenvalue weighted by atomic mass is 10.1. The quantitative estimate of drug-likeness (QED) is 0.637. The molecule has 0 spiro atoms. The van der Waals surface area contributed by atoms with Crippen LogP contribution in [0.3, 0.4) is 0 Å². The van der Waals surface area contributed by atoms with Crippen molar-refractivity contribution in [3.8, 4) is 0 Å². The van der Waals surface area contributed by atoms with Crippen molar-refractivity contribution in [2.24, 2.45) is 0 Å². The molecule has 0 bridgehead atoms. The van der Waals surface area contributed by atoms with Gasteiger partial charge in [0.1, 0.15) is 0 Å². The Labute approximate surface area is 113 Å². The Hall–Kier alpha value is -0.803. The van der Waals surface area contributed by atoms with E-state index in [2.05, 4.69) is 52.9 Å². The number of aryl methyl sites for hydroxylation is 1. The van der Waals surface area contributed by atoms with E-state index in [1.54, 1.807) is 0 Å². The smallest absolute Gasteiger partial charge is 0.192 e. The summed E-state index contributed by atoms with van der Waals surface area (Å²) in [6.07, 6.45) is 0.105. The molecule has 3 heteroatoms. The van der Waals surface area contributed by atoms with Crippen LogP contribution in [0.1, 0.15) is 44.9 Å². The highest BCUT2D eigenvalue weighted by atomic mass is 28.4. The Kier molecular flexibility index (Phi) is 4.29. The number of hydrogen-bond donors (Lipinski definition) is 1. The summed E-state index contributed by atoms with van der Waals surface area (Å²) >= 11 is 0. The molecule has 0 saturated heterocycles. The van der Waals surface area contributed by atoms with Gasteiger partial charge in [-0.25, -0.2) is 0 Å². The van der Waals surface area contributed by atoms with Crippen LogP contribution in [0.25, 0.3) is 0 Å². The van der Waals surface area contributed by atoms with E-state index in [4.69, 9.17) is 10.2 Å². The van der Waals surface area contributed by atoms with Crippen molar-refractivity contribution >= 4 is 14.0 Å². The molecule has 0 saturated carbocycles. The van der Waals surface area contributed by atoms with Crippen LogP contribution in [0.15, 0.2) is 18.2 Å². The summed E-state index contributed by atoms with van der Waals surface area (Å²) in [6, 6.07) is 6.22. The van der Waals surface area contributed by atoms with Crippen molar-refractivity contribution in [3.05, 3.63) is 29.3 Å². The summed E-state index contributed by atoms with van der Waals surface area (Å²) in [5, 5.41) is 0.234. The normalized spacial score (nSPS) is 14.6. The average molecular weight is 265 g/mol. The predicted octanol–water partition coefficient (Wildman–Crippen LogP) is 4.66. The molecule has 0 aliphatic heterocycles. The molecule has 1 atom stereocenters. The lowest BCUT2D eigenvalue weighted by molar-refractivity contribution is 0.203. The molecule has 102 valence electrons. The summed E-state index contributed by atoms with van der Waals surface area (Å²) in [5.74, 6) is 0. The number of benzene rings is 1. The highest BCUT2D eigenvalue weighted by molar-refractivity contribution is 6.74. The van der Waals surface area contributed by atoms with Gasteiger partial charge in [0.05, 0.1) is 6.10 Å². The SMILES string of the molecule is Cc1ccc(C(C)O[Si](C)(C)C(C)(C)C)cc1N. The van der Waals surface area contributed by atoms with E-state index >= 15 is 0 Å². The van der Waals surface area contributed by atoms with Crippen molar-refractivity contribution in [3.63, 3.8) is 0 Å². The fourth-order valence-corrected chi connectivity index (χ4v) is 2.97.